The first kappa shape index (κ1) is 27.3. The Morgan fingerprint density at radius 2 is 1.17 bits per heavy atom. The van der Waals surface area contributed by atoms with E-state index >= 15 is 0 Å². The van der Waals surface area contributed by atoms with Gasteiger partial charge < -0.3 is 4.90 Å². The van der Waals surface area contributed by atoms with Crippen LogP contribution in [0.5, 0.6) is 0 Å². The predicted molar refractivity (Wildman–Crippen MR) is 198 cm³/mol. The van der Waals surface area contributed by atoms with Crippen LogP contribution in [0.1, 0.15) is 23.6 Å². The molecular weight excluding hydrogens is 569 g/mol. The van der Waals surface area contributed by atoms with E-state index in [1.165, 1.54) is 71.5 Å². The first-order valence-corrected chi connectivity index (χ1v) is 16.3. The molecule has 1 unspecified atom stereocenters. The highest BCUT2D eigenvalue weighted by molar-refractivity contribution is 6.23. The largest absolute Gasteiger partial charge is 0.333 e. The smallest absolute Gasteiger partial charge is 0.0714 e. The topological polar surface area (TPSA) is 16.1 Å². The molecule has 0 radical (unpaired) electrons. The van der Waals surface area contributed by atoms with Gasteiger partial charge in [-0.25, -0.2) is 0 Å². The number of benzene rings is 7. The fraction of sp³-hybridized carbons (Fsp3) is 0.0444. The van der Waals surface area contributed by atoms with Crippen LogP contribution >= 0.6 is 0 Å². The van der Waals surface area contributed by atoms with Crippen LogP contribution in [0.25, 0.3) is 60.4 Å². The molecule has 0 spiro atoms. The van der Waals surface area contributed by atoms with E-state index < -0.39 is 0 Å². The van der Waals surface area contributed by atoms with Gasteiger partial charge in [0.2, 0.25) is 0 Å². The molecule has 1 aliphatic heterocycles. The molecule has 2 heteroatoms. The summed E-state index contributed by atoms with van der Waals surface area (Å²) in [6.07, 6.45) is 5.25. The van der Waals surface area contributed by atoms with E-state index in [4.69, 9.17) is 4.98 Å². The monoisotopic (exact) mass is 600 g/mol. The third kappa shape index (κ3) is 4.61. The van der Waals surface area contributed by atoms with Crippen molar-refractivity contribution in [3.8, 4) is 22.4 Å². The molecule has 7 aromatic carbocycles. The summed E-state index contributed by atoms with van der Waals surface area (Å²) in [5.74, 6) is 0. The first-order valence-electron chi connectivity index (χ1n) is 16.3. The Kier molecular flexibility index (Phi) is 6.64. The molecule has 8 aromatic rings. The molecule has 2 nitrogen and oxygen atoms in total. The molecule has 9 rings (SSSR count). The molecule has 0 saturated carbocycles. The van der Waals surface area contributed by atoms with Crippen molar-refractivity contribution in [2.75, 3.05) is 4.90 Å². The number of hydrogen-bond acceptors (Lipinski definition) is 2. The minimum atomic E-state index is 0.195. The van der Waals surface area contributed by atoms with Gasteiger partial charge >= 0.3 is 0 Å². The van der Waals surface area contributed by atoms with Crippen LogP contribution in [-0.4, -0.2) is 4.98 Å². The maximum Gasteiger partial charge on any atom is 0.0714 e. The summed E-state index contributed by atoms with van der Waals surface area (Å²) in [5.41, 5.74) is 9.64. The SMILES string of the molecule is C1=C(c2ccccc2)N(c2ccc3c(-c4ccccn4)c4ccccc4c(-c4cccc5ccccc45)c3c2)C(c2ccccc2)C1. The summed E-state index contributed by atoms with van der Waals surface area (Å²) in [7, 11) is 0. The summed E-state index contributed by atoms with van der Waals surface area (Å²) < 4.78 is 0. The van der Waals surface area contributed by atoms with E-state index in [1.54, 1.807) is 0 Å². The Labute approximate surface area is 274 Å². The fourth-order valence-corrected chi connectivity index (χ4v) is 7.58. The van der Waals surface area contributed by atoms with E-state index in [2.05, 4.69) is 169 Å². The maximum atomic E-state index is 4.89. The molecule has 0 bridgehead atoms. The van der Waals surface area contributed by atoms with Crippen LogP contribution in [0.2, 0.25) is 0 Å². The van der Waals surface area contributed by atoms with Gasteiger partial charge in [0, 0.05) is 23.1 Å². The molecule has 0 aliphatic carbocycles. The van der Waals surface area contributed by atoms with Crippen LogP contribution in [0.4, 0.5) is 5.69 Å². The molecule has 1 aromatic heterocycles. The highest BCUT2D eigenvalue weighted by Crippen LogP contribution is 2.48. The Morgan fingerprint density at radius 1 is 0.511 bits per heavy atom. The van der Waals surface area contributed by atoms with Crippen LogP contribution in [0.15, 0.2) is 176 Å². The van der Waals surface area contributed by atoms with Gasteiger partial charge in [0.25, 0.3) is 0 Å². The molecule has 47 heavy (non-hydrogen) atoms. The number of anilines is 1. The second-order valence-electron chi connectivity index (χ2n) is 12.3. The average molecular weight is 601 g/mol. The summed E-state index contributed by atoms with van der Waals surface area (Å²) >= 11 is 0. The van der Waals surface area contributed by atoms with Gasteiger partial charge in [-0.2, -0.15) is 0 Å². The van der Waals surface area contributed by atoms with E-state index in [0.29, 0.717) is 0 Å². The molecular formula is C45H32N2. The van der Waals surface area contributed by atoms with Crippen molar-refractivity contribution in [2.24, 2.45) is 0 Å². The lowest BCUT2D eigenvalue weighted by atomic mass is 9.85. The van der Waals surface area contributed by atoms with Gasteiger partial charge in [-0.05, 0) is 85.3 Å². The first-order chi connectivity index (χ1) is 23.3. The van der Waals surface area contributed by atoms with Crippen LogP contribution in [0, 0.1) is 0 Å². The van der Waals surface area contributed by atoms with Crippen molar-refractivity contribution >= 4 is 43.7 Å². The summed E-state index contributed by atoms with van der Waals surface area (Å²) in [6.45, 7) is 0. The van der Waals surface area contributed by atoms with Crippen molar-refractivity contribution in [2.45, 2.75) is 12.5 Å². The minimum Gasteiger partial charge on any atom is -0.333 e. The third-order valence-corrected chi connectivity index (χ3v) is 9.63. The quantitative estimate of drug-likeness (QED) is 0.183. The molecule has 222 valence electrons. The van der Waals surface area contributed by atoms with Gasteiger partial charge in [-0.3, -0.25) is 4.98 Å². The van der Waals surface area contributed by atoms with Crippen molar-refractivity contribution in [3.05, 3.63) is 187 Å². The zero-order valence-electron chi connectivity index (χ0n) is 25.9. The van der Waals surface area contributed by atoms with E-state index in [0.717, 1.165) is 12.1 Å². The second-order valence-corrected chi connectivity index (χ2v) is 12.3. The van der Waals surface area contributed by atoms with E-state index in [9.17, 15) is 0 Å². The zero-order chi connectivity index (χ0) is 31.2. The van der Waals surface area contributed by atoms with Gasteiger partial charge in [0.1, 0.15) is 0 Å². The maximum absolute atomic E-state index is 4.89. The Bertz CT molecular complexity index is 2420. The van der Waals surface area contributed by atoms with Gasteiger partial charge in [-0.15, -0.1) is 0 Å². The predicted octanol–water partition coefficient (Wildman–Crippen LogP) is 11.9. The lowest BCUT2D eigenvalue weighted by molar-refractivity contribution is 0.749. The van der Waals surface area contributed by atoms with Crippen molar-refractivity contribution < 1.29 is 0 Å². The Morgan fingerprint density at radius 3 is 1.96 bits per heavy atom. The summed E-state index contributed by atoms with van der Waals surface area (Å²) in [5, 5.41) is 7.37. The van der Waals surface area contributed by atoms with Gasteiger partial charge in [0.05, 0.1) is 11.7 Å². The van der Waals surface area contributed by atoms with Gasteiger partial charge in [0.15, 0.2) is 0 Å². The fourth-order valence-electron chi connectivity index (χ4n) is 7.58. The molecule has 0 amide bonds. The third-order valence-electron chi connectivity index (χ3n) is 9.63. The highest BCUT2D eigenvalue weighted by atomic mass is 15.2. The minimum absolute atomic E-state index is 0.195. The van der Waals surface area contributed by atoms with Crippen molar-refractivity contribution in [1.82, 2.24) is 4.98 Å². The number of aromatic nitrogens is 1. The standard InChI is InChI=1S/C45H32N2/c1-3-15-32(16-4-1)42-27-28-43(33-17-5-2-6-18-33)47(42)34-25-26-39-40(30-34)44(36-23-13-19-31-14-7-8-20-35(31)36)37-21-9-10-22-38(37)45(39)41-24-11-12-29-46-41/h1-27,29-30,43H,28H2. The molecule has 1 atom stereocenters. The average Bonchev–Trinajstić information content (AvgIpc) is 3.60. The number of fused-ring (bicyclic) bond motifs is 3. The van der Waals surface area contributed by atoms with Crippen LogP contribution in [0.3, 0.4) is 0 Å². The lowest BCUT2D eigenvalue weighted by Crippen LogP contribution is -2.22. The van der Waals surface area contributed by atoms with E-state index in [1.807, 2.05) is 12.3 Å². The normalized spacial score (nSPS) is 14.6. The van der Waals surface area contributed by atoms with E-state index in [-0.39, 0.29) is 6.04 Å². The highest BCUT2D eigenvalue weighted by Gasteiger charge is 2.30. The number of pyridine rings is 1. The lowest BCUT2D eigenvalue weighted by Gasteiger charge is -2.31. The zero-order valence-corrected chi connectivity index (χ0v) is 25.9. The molecule has 0 fully saturated rings. The van der Waals surface area contributed by atoms with Crippen LogP contribution < -0.4 is 4.90 Å². The number of hydrogen-bond donors (Lipinski definition) is 0. The summed E-state index contributed by atoms with van der Waals surface area (Å²) in [4.78, 5) is 7.43. The van der Waals surface area contributed by atoms with Crippen molar-refractivity contribution in [3.63, 3.8) is 0 Å². The Balaban J connectivity index is 1.38. The number of nitrogens with zero attached hydrogens (tertiary/aromatic N) is 2. The van der Waals surface area contributed by atoms with Gasteiger partial charge in [-0.1, -0.05) is 146 Å². The molecule has 0 N–H and O–H groups in total. The summed E-state index contributed by atoms with van der Waals surface area (Å²) in [6, 6.07) is 59.5. The number of rotatable bonds is 5. The molecule has 0 saturated heterocycles. The second kappa shape index (κ2) is 11.4. The van der Waals surface area contributed by atoms with Crippen molar-refractivity contribution in [1.29, 1.82) is 0 Å². The Hall–Kier alpha value is -5.99. The molecule has 2 heterocycles. The van der Waals surface area contributed by atoms with Crippen LogP contribution in [-0.2, 0) is 0 Å². The molecule has 1 aliphatic rings.